The maximum Gasteiger partial charge on any atom is 0.242 e. The molecule has 0 aromatic carbocycles. The Kier molecular flexibility index (Phi) is 4.87. The molecule has 94 valence electrons. The molecule has 0 spiro atoms. The SMILES string of the molecule is CCNC(=O)C(C)Nc1cc(C(C)C)ncn1. The van der Waals surface area contributed by atoms with Gasteiger partial charge < -0.3 is 10.6 Å². The lowest BCUT2D eigenvalue weighted by Gasteiger charge is -2.14. The number of carbonyl (C=O) groups is 1. The van der Waals surface area contributed by atoms with Gasteiger partial charge in [0.1, 0.15) is 18.2 Å². The van der Waals surface area contributed by atoms with Gasteiger partial charge in [-0.15, -0.1) is 0 Å². The van der Waals surface area contributed by atoms with Crippen molar-refractivity contribution in [3.05, 3.63) is 18.1 Å². The van der Waals surface area contributed by atoms with Crippen LogP contribution in [0.3, 0.4) is 0 Å². The highest BCUT2D eigenvalue weighted by Gasteiger charge is 2.12. The van der Waals surface area contributed by atoms with E-state index < -0.39 is 0 Å². The topological polar surface area (TPSA) is 66.9 Å². The molecule has 1 aromatic heterocycles. The molecule has 17 heavy (non-hydrogen) atoms. The highest BCUT2D eigenvalue weighted by molar-refractivity contribution is 5.83. The van der Waals surface area contributed by atoms with Gasteiger partial charge in [-0.2, -0.15) is 0 Å². The zero-order valence-corrected chi connectivity index (χ0v) is 10.8. The van der Waals surface area contributed by atoms with E-state index in [1.807, 2.05) is 19.9 Å². The van der Waals surface area contributed by atoms with Crippen LogP contribution in [-0.4, -0.2) is 28.5 Å². The van der Waals surface area contributed by atoms with Crippen molar-refractivity contribution in [2.45, 2.75) is 39.7 Å². The van der Waals surface area contributed by atoms with Crippen molar-refractivity contribution in [3.63, 3.8) is 0 Å². The number of anilines is 1. The molecule has 1 amide bonds. The van der Waals surface area contributed by atoms with Crippen molar-refractivity contribution in [1.82, 2.24) is 15.3 Å². The standard InChI is InChI=1S/C12H20N4O/c1-5-13-12(17)9(4)16-11-6-10(8(2)3)14-7-15-11/h6-9H,5H2,1-4H3,(H,13,17)(H,14,15,16). The van der Waals surface area contributed by atoms with Crippen molar-refractivity contribution in [1.29, 1.82) is 0 Å². The first kappa shape index (κ1) is 13.4. The second kappa shape index (κ2) is 6.18. The minimum Gasteiger partial charge on any atom is -0.359 e. The lowest BCUT2D eigenvalue weighted by Crippen LogP contribution is -2.37. The molecule has 0 saturated heterocycles. The van der Waals surface area contributed by atoms with E-state index in [0.29, 0.717) is 18.3 Å². The van der Waals surface area contributed by atoms with Gasteiger partial charge in [-0.1, -0.05) is 13.8 Å². The van der Waals surface area contributed by atoms with Crippen LogP contribution in [0.15, 0.2) is 12.4 Å². The summed E-state index contributed by atoms with van der Waals surface area (Å²) >= 11 is 0. The van der Waals surface area contributed by atoms with E-state index in [1.165, 1.54) is 6.33 Å². The van der Waals surface area contributed by atoms with Gasteiger partial charge in [0.25, 0.3) is 0 Å². The van der Waals surface area contributed by atoms with E-state index >= 15 is 0 Å². The molecular weight excluding hydrogens is 216 g/mol. The minimum absolute atomic E-state index is 0.0304. The molecule has 1 atom stereocenters. The first-order chi connectivity index (χ1) is 8.04. The lowest BCUT2D eigenvalue weighted by atomic mass is 10.1. The van der Waals surface area contributed by atoms with Crippen molar-refractivity contribution >= 4 is 11.7 Å². The summed E-state index contributed by atoms with van der Waals surface area (Å²) in [5.74, 6) is 0.998. The summed E-state index contributed by atoms with van der Waals surface area (Å²) in [5.41, 5.74) is 0.964. The Hall–Kier alpha value is -1.65. The maximum atomic E-state index is 11.5. The normalized spacial score (nSPS) is 12.3. The summed E-state index contributed by atoms with van der Waals surface area (Å²) in [6.45, 7) is 8.47. The number of carbonyl (C=O) groups excluding carboxylic acids is 1. The monoisotopic (exact) mass is 236 g/mol. The van der Waals surface area contributed by atoms with E-state index in [1.54, 1.807) is 0 Å². The first-order valence-electron chi connectivity index (χ1n) is 5.90. The van der Waals surface area contributed by atoms with Crippen LogP contribution in [0.4, 0.5) is 5.82 Å². The average Bonchev–Trinajstić information content (AvgIpc) is 2.29. The summed E-state index contributed by atoms with van der Waals surface area (Å²) in [4.78, 5) is 19.8. The molecule has 1 rings (SSSR count). The van der Waals surface area contributed by atoms with Crippen LogP contribution < -0.4 is 10.6 Å². The number of amides is 1. The lowest BCUT2D eigenvalue weighted by molar-refractivity contribution is -0.121. The Morgan fingerprint density at radius 3 is 2.65 bits per heavy atom. The number of nitrogens with one attached hydrogen (secondary N) is 2. The van der Waals surface area contributed by atoms with E-state index in [9.17, 15) is 4.79 Å². The Labute approximate surface area is 102 Å². The molecule has 0 saturated carbocycles. The number of hydrogen-bond donors (Lipinski definition) is 2. The molecule has 5 heteroatoms. The molecular formula is C12H20N4O. The first-order valence-corrected chi connectivity index (χ1v) is 5.90. The molecule has 0 aliphatic carbocycles. The summed E-state index contributed by atoms with van der Waals surface area (Å²) < 4.78 is 0. The summed E-state index contributed by atoms with van der Waals surface area (Å²) in [5, 5.41) is 5.82. The van der Waals surface area contributed by atoms with Crippen molar-refractivity contribution < 1.29 is 4.79 Å². The zero-order chi connectivity index (χ0) is 12.8. The van der Waals surface area contributed by atoms with Crippen molar-refractivity contribution in [3.8, 4) is 0 Å². The summed E-state index contributed by atoms with van der Waals surface area (Å²) in [7, 11) is 0. The van der Waals surface area contributed by atoms with Gasteiger partial charge >= 0.3 is 0 Å². The highest BCUT2D eigenvalue weighted by atomic mass is 16.2. The van der Waals surface area contributed by atoms with Gasteiger partial charge in [0, 0.05) is 18.3 Å². The number of aromatic nitrogens is 2. The number of hydrogen-bond acceptors (Lipinski definition) is 4. The third kappa shape index (κ3) is 4.01. The van der Waals surface area contributed by atoms with Crippen LogP contribution in [0.2, 0.25) is 0 Å². The molecule has 5 nitrogen and oxygen atoms in total. The van der Waals surface area contributed by atoms with Gasteiger partial charge in [-0.05, 0) is 19.8 Å². The molecule has 0 radical (unpaired) electrons. The second-order valence-corrected chi connectivity index (χ2v) is 4.24. The minimum atomic E-state index is -0.301. The third-order valence-electron chi connectivity index (χ3n) is 2.39. The van der Waals surface area contributed by atoms with Gasteiger partial charge in [0.15, 0.2) is 0 Å². The Morgan fingerprint density at radius 1 is 1.35 bits per heavy atom. The quantitative estimate of drug-likeness (QED) is 0.813. The van der Waals surface area contributed by atoms with Crippen LogP contribution in [0.5, 0.6) is 0 Å². The van der Waals surface area contributed by atoms with Gasteiger partial charge in [0.2, 0.25) is 5.91 Å². The summed E-state index contributed by atoms with van der Waals surface area (Å²) in [6.07, 6.45) is 1.52. The predicted molar refractivity (Wildman–Crippen MR) is 67.9 cm³/mol. The molecule has 2 N–H and O–H groups in total. The fourth-order valence-electron chi connectivity index (χ4n) is 1.38. The maximum absolute atomic E-state index is 11.5. The van der Waals surface area contributed by atoms with Crippen LogP contribution in [0, 0.1) is 0 Å². The highest BCUT2D eigenvalue weighted by Crippen LogP contribution is 2.14. The molecule has 1 aromatic rings. The fourth-order valence-corrected chi connectivity index (χ4v) is 1.38. The number of nitrogens with zero attached hydrogens (tertiary/aromatic N) is 2. The molecule has 1 heterocycles. The Morgan fingerprint density at radius 2 is 2.06 bits per heavy atom. The van der Waals surface area contributed by atoms with Crippen LogP contribution in [0.25, 0.3) is 0 Å². The van der Waals surface area contributed by atoms with E-state index in [4.69, 9.17) is 0 Å². The van der Waals surface area contributed by atoms with Gasteiger partial charge in [0.05, 0.1) is 0 Å². The van der Waals surface area contributed by atoms with Crippen molar-refractivity contribution in [2.24, 2.45) is 0 Å². The van der Waals surface area contributed by atoms with Crippen LogP contribution >= 0.6 is 0 Å². The predicted octanol–water partition coefficient (Wildman–Crippen LogP) is 1.54. The molecule has 0 bridgehead atoms. The Balaban J connectivity index is 2.68. The van der Waals surface area contributed by atoms with E-state index in [-0.39, 0.29) is 11.9 Å². The van der Waals surface area contributed by atoms with Crippen LogP contribution in [0.1, 0.15) is 39.3 Å². The Bertz CT molecular complexity index is 379. The molecule has 0 fully saturated rings. The molecule has 0 aliphatic rings. The second-order valence-electron chi connectivity index (χ2n) is 4.24. The number of rotatable bonds is 5. The van der Waals surface area contributed by atoms with Gasteiger partial charge in [-0.3, -0.25) is 4.79 Å². The number of likely N-dealkylation sites (N-methyl/N-ethyl adjacent to an activating group) is 1. The third-order valence-corrected chi connectivity index (χ3v) is 2.39. The zero-order valence-electron chi connectivity index (χ0n) is 10.8. The molecule has 0 aliphatic heterocycles. The fraction of sp³-hybridized carbons (Fsp3) is 0.583. The summed E-state index contributed by atoms with van der Waals surface area (Å²) in [6, 6.07) is 1.57. The van der Waals surface area contributed by atoms with E-state index in [0.717, 1.165) is 5.69 Å². The average molecular weight is 236 g/mol. The largest absolute Gasteiger partial charge is 0.359 e. The smallest absolute Gasteiger partial charge is 0.242 e. The van der Waals surface area contributed by atoms with Crippen molar-refractivity contribution in [2.75, 3.05) is 11.9 Å². The molecule has 1 unspecified atom stereocenters. The van der Waals surface area contributed by atoms with Gasteiger partial charge in [-0.25, -0.2) is 9.97 Å². The van der Waals surface area contributed by atoms with E-state index in [2.05, 4.69) is 34.4 Å². The van der Waals surface area contributed by atoms with Crippen LogP contribution in [-0.2, 0) is 4.79 Å².